The number of amides is 1. The molecule has 6 nitrogen and oxygen atoms in total. The van der Waals surface area contributed by atoms with Crippen molar-refractivity contribution in [3.05, 3.63) is 35.6 Å². The van der Waals surface area contributed by atoms with E-state index in [4.69, 9.17) is 14.2 Å². The van der Waals surface area contributed by atoms with Gasteiger partial charge in [-0.25, -0.2) is 14.0 Å². The first kappa shape index (κ1) is 21.2. The smallest absolute Gasteiger partial charge is 0.408 e. The Morgan fingerprint density at radius 1 is 1.30 bits per heavy atom. The zero-order valence-electron chi connectivity index (χ0n) is 16.3. The minimum atomic E-state index is -0.827. The first-order valence-electron chi connectivity index (χ1n) is 9.18. The molecular weight excluding hydrogens is 353 g/mol. The summed E-state index contributed by atoms with van der Waals surface area (Å²) in [6.45, 7) is 7.32. The summed E-state index contributed by atoms with van der Waals surface area (Å²) in [5.41, 5.74) is 0.291. The lowest BCUT2D eigenvalue weighted by Crippen LogP contribution is -2.45. The number of hydrogen-bond donors (Lipinski definition) is 1. The number of rotatable bonds is 3. The average molecular weight is 381 g/mol. The molecule has 1 amide bonds. The number of benzene rings is 1. The van der Waals surface area contributed by atoms with Gasteiger partial charge in [-0.3, -0.25) is 0 Å². The first-order valence-corrected chi connectivity index (χ1v) is 9.18. The molecule has 27 heavy (non-hydrogen) atoms. The summed E-state index contributed by atoms with van der Waals surface area (Å²) in [4.78, 5) is 24.3. The molecule has 1 heterocycles. The van der Waals surface area contributed by atoms with Gasteiger partial charge in [0.2, 0.25) is 0 Å². The molecule has 0 radical (unpaired) electrons. The number of cyclic esters (lactones) is 1. The third kappa shape index (κ3) is 7.54. The van der Waals surface area contributed by atoms with Crippen LogP contribution in [0.5, 0.6) is 0 Å². The van der Waals surface area contributed by atoms with E-state index in [9.17, 15) is 14.0 Å². The van der Waals surface area contributed by atoms with Gasteiger partial charge in [0, 0.05) is 19.4 Å². The molecule has 1 aromatic rings. The lowest BCUT2D eigenvalue weighted by molar-refractivity contribution is -0.151. The highest BCUT2D eigenvalue weighted by Crippen LogP contribution is 2.17. The van der Waals surface area contributed by atoms with Crippen LogP contribution in [0.1, 0.15) is 46.1 Å². The third-order valence-electron chi connectivity index (χ3n) is 4.02. The highest BCUT2D eigenvalue weighted by atomic mass is 19.1. The van der Waals surface area contributed by atoms with Gasteiger partial charge in [0.15, 0.2) is 0 Å². The summed E-state index contributed by atoms with van der Waals surface area (Å²) in [6, 6.07) is 5.43. The molecule has 0 spiro atoms. The van der Waals surface area contributed by atoms with Gasteiger partial charge in [0.05, 0.1) is 6.10 Å². The molecule has 0 aromatic heterocycles. The van der Waals surface area contributed by atoms with Crippen LogP contribution in [0.3, 0.4) is 0 Å². The molecule has 0 bridgehead atoms. The Kier molecular flexibility index (Phi) is 7.18. The topological polar surface area (TPSA) is 73.9 Å². The summed E-state index contributed by atoms with van der Waals surface area (Å²) >= 11 is 0. The highest BCUT2D eigenvalue weighted by Gasteiger charge is 2.29. The van der Waals surface area contributed by atoms with Crippen LogP contribution >= 0.6 is 0 Å². The van der Waals surface area contributed by atoms with Crippen molar-refractivity contribution in [1.82, 2.24) is 5.32 Å². The Balaban J connectivity index is 1.97. The SMILES string of the molecule is CC1CC(Cc2ccc(F)cc2)OCC[C@H](NC(=O)OC(C)(C)C)C(=O)O1. The predicted octanol–water partition coefficient (Wildman–Crippen LogP) is 3.37. The van der Waals surface area contributed by atoms with Crippen LogP contribution in [-0.4, -0.2) is 42.5 Å². The normalized spacial score (nSPS) is 24.2. The summed E-state index contributed by atoms with van der Waals surface area (Å²) in [5, 5.41) is 2.55. The maximum atomic E-state index is 13.1. The molecule has 7 heteroatoms. The van der Waals surface area contributed by atoms with Crippen LogP contribution < -0.4 is 5.32 Å². The maximum Gasteiger partial charge on any atom is 0.408 e. The number of nitrogens with one attached hydrogen (secondary N) is 1. The van der Waals surface area contributed by atoms with E-state index in [-0.39, 0.29) is 31.1 Å². The van der Waals surface area contributed by atoms with E-state index in [0.29, 0.717) is 12.8 Å². The van der Waals surface area contributed by atoms with E-state index >= 15 is 0 Å². The largest absolute Gasteiger partial charge is 0.461 e. The Bertz CT molecular complexity index is 641. The number of alkyl carbamates (subject to hydrolysis) is 1. The van der Waals surface area contributed by atoms with Crippen molar-refractivity contribution in [3.8, 4) is 0 Å². The average Bonchev–Trinajstić information content (AvgIpc) is 2.59. The molecule has 0 saturated carbocycles. The van der Waals surface area contributed by atoms with Crippen molar-refractivity contribution < 1.29 is 28.2 Å². The maximum absolute atomic E-state index is 13.1. The lowest BCUT2D eigenvalue weighted by Gasteiger charge is -2.23. The van der Waals surface area contributed by atoms with Crippen LogP contribution in [0.4, 0.5) is 9.18 Å². The molecule has 0 aliphatic carbocycles. The second-order valence-electron chi connectivity index (χ2n) is 7.79. The predicted molar refractivity (Wildman–Crippen MR) is 97.8 cm³/mol. The Morgan fingerprint density at radius 3 is 2.59 bits per heavy atom. The molecule has 2 rings (SSSR count). The third-order valence-corrected chi connectivity index (χ3v) is 4.02. The molecule has 3 atom stereocenters. The van der Waals surface area contributed by atoms with Crippen LogP contribution in [0.25, 0.3) is 0 Å². The van der Waals surface area contributed by atoms with E-state index < -0.39 is 23.7 Å². The minimum Gasteiger partial charge on any atom is -0.461 e. The molecule has 1 fully saturated rings. The van der Waals surface area contributed by atoms with Crippen molar-refractivity contribution in [2.75, 3.05) is 6.61 Å². The molecule has 2 unspecified atom stereocenters. The van der Waals surface area contributed by atoms with Crippen LogP contribution in [0.15, 0.2) is 24.3 Å². The van der Waals surface area contributed by atoms with E-state index in [1.54, 1.807) is 39.8 Å². The van der Waals surface area contributed by atoms with Gasteiger partial charge in [0.1, 0.15) is 23.6 Å². The lowest BCUT2D eigenvalue weighted by atomic mass is 10.0. The Hall–Kier alpha value is -2.15. The molecule has 1 aromatic carbocycles. The van der Waals surface area contributed by atoms with E-state index in [2.05, 4.69) is 5.32 Å². The van der Waals surface area contributed by atoms with Gasteiger partial charge in [0.25, 0.3) is 0 Å². The van der Waals surface area contributed by atoms with Crippen molar-refractivity contribution in [2.24, 2.45) is 0 Å². The fourth-order valence-electron chi connectivity index (χ4n) is 2.84. The van der Waals surface area contributed by atoms with Gasteiger partial charge in [-0.15, -0.1) is 0 Å². The zero-order chi connectivity index (χ0) is 20.0. The number of carbonyl (C=O) groups excluding carboxylic acids is 2. The molecule has 1 N–H and O–H groups in total. The monoisotopic (exact) mass is 381 g/mol. The number of halogens is 1. The minimum absolute atomic E-state index is 0.168. The van der Waals surface area contributed by atoms with Gasteiger partial charge < -0.3 is 19.5 Å². The van der Waals surface area contributed by atoms with Gasteiger partial charge in [-0.2, -0.15) is 0 Å². The van der Waals surface area contributed by atoms with Gasteiger partial charge in [-0.05, 0) is 51.8 Å². The summed E-state index contributed by atoms with van der Waals surface area (Å²) in [6.07, 6.45) is 0.181. The van der Waals surface area contributed by atoms with Crippen molar-refractivity contribution in [3.63, 3.8) is 0 Å². The number of carbonyl (C=O) groups is 2. The molecular formula is C20H28FNO5. The first-order chi connectivity index (χ1) is 12.6. The zero-order valence-corrected chi connectivity index (χ0v) is 16.3. The van der Waals surface area contributed by atoms with Crippen LogP contribution in [0.2, 0.25) is 0 Å². The molecule has 1 aliphatic rings. The number of hydrogen-bond acceptors (Lipinski definition) is 5. The summed E-state index contributed by atoms with van der Waals surface area (Å²) < 4.78 is 29.6. The van der Waals surface area contributed by atoms with Gasteiger partial charge in [-0.1, -0.05) is 12.1 Å². The van der Waals surface area contributed by atoms with E-state index in [0.717, 1.165) is 5.56 Å². The van der Waals surface area contributed by atoms with Crippen LogP contribution in [-0.2, 0) is 25.4 Å². The number of ether oxygens (including phenoxy) is 3. The van der Waals surface area contributed by atoms with Crippen molar-refractivity contribution in [2.45, 2.75) is 70.8 Å². The van der Waals surface area contributed by atoms with E-state index in [1.807, 2.05) is 0 Å². The Labute approximate surface area is 159 Å². The quantitative estimate of drug-likeness (QED) is 0.813. The second-order valence-corrected chi connectivity index (χ2v) is 7.79. The molecule has 1 saturated heterocycles. The number of esters is 1. The summed E-state index contributed by atoms with van der Waals surface area (Å²) in [5.74, 6) is -0.785. The molecule has 150 valence electrons. The Morgan fingerprint density at radius 2 is 1.96 bits per heavy atom. The summed E-state index contributed by atoms with van der Waals surface area (Å²) in [7, 11) is 0. The standard InChI is InChI=1S/C20H28FNO5/c1-13-11-16(12-14-5-7-15(21)8-6-14)25-10-9-17(18(23)26-13)22-19(24)27-20(2,3)4/h5-8,13,16-17H,9-12H2,1-4H3,(H,22,24)/t13?,16?,17-/m0/s1. The van der Waals surface area contributed by atoms with Crippen molar-refractivity contribution >= 4 is 12.1 Å². The van der Waals surface area contributed by atoms with E-state index in [1.165, 1.54) is 12.1 Å². The van der Waals surface area contributed by atoms with Crippen molar-refractivity contribution in [1.29, 1.82) is 0 Å². The fraction of sp³-hybridized carbons (Fsp3) is 0.600. The second kappa shape index (κ2) is 9.17. The van der Waals surface area contributed by atoms with Gasteiger partial charge >= 0.3 is 12.1 Å². The fourth-order valence-corrected chi connectivity index (χ4v) is 2.84. The molecule has 1 aliphatic heterocycles. The van der Waals surface area contributed by atoms with Crippen LogP contribution in [0, 0.1) is 5.82 Å². The highest BCUT2D eigenvalue weighted by molar-refractivity contribution is 5.81.